The fourth-order valence-corrected chi connectivity index (χ4v) is 4.28. The number of ether oxygens (including phenoxy) is 1. The van der Waals surface area contributed by atoms with E-state index in [0.717, 1.165) is 16.2 Å². The van der Waals surface area contributed by atoms with Crippen LogP contribution in [0.5, 0.6) is 0 Å². The van der Waals surface area contributed by atoms with Gasteiger partial charge in [0.2, 0.25) is 16.9 Å². The van der Waals surface area contributed by atoms with Crippen LogP contribution in [0.2, 0.25) is 0 Å². The van der Waals surface area contributed by atoms with Gasteiger partial charge in [-0.25, -0.2) is 4.79 Å². The van der Waals surface area contributed by atoms with Crippen molar-refractivity contribution in [2.75, 3.05) is 30.8 Å². The predicted molar refractivity (Wildman–Crippen MR) is 110 cm³/mol. The number of carbonyl (C=O) groups excluding carboxylic acids is 3. The van der Waals surface area contributed by atoms with Crippen LogP contribution in [-0.2, 0) is 20.9 Å². The average Bonchev–Trinajstić information content (AvgIpc) is 3.34. The smallest absolute Gasteiger partial charge is 0.413 e. The molecule has 0 spiro atoms. The van der Waals surface area contributed by atoms with Crippen molar-refractivity contribution in [1.29, 1.82) is 0 Å². The van der Waals surface area contributed by atoms with Gasteiger partial charge in [-0.1, -0.05) is 29.2 Å². The molecule has 0 aliphatic carbocycles. The molecule has 0 fully saturated rings. The summed E-state index contributed by atoms with van der Waals surface area (Å²) in [5.74, 6) is -0.251. The second kappa shape index (κ2) is 11.6. The van der Waals surface area contributed by atoms with Crippen LogP contribution in [0, 0.1) is 0 Å². The summed E-state index contributed by atoms with van der Waals surface area (Å²) in [6.45, 7) is 4.67. The lowest BCUT2D eigenvalue weighted by Crippen LogP contribution is -2.41. The third-order valence-electron chi connectivity index (χ3n) is 3.32. The number of rotatable bonds is 10. The highest BCUT2D eigenvalue weighted by atomic mass is 32.2. The van der Waals surface area contributed by atoms with Gasteiger partial charge in [-0.05, 0) is 25.3 Å². The van der Waals surface area contributed by atoms with E-state index < -0.39 is 6.09 Å². The zero-order valence-electron chi connectivity index (χ0n) is 15.5. The molecule has 3 amide bonds. The fraction of sp³-hybridized carbons (Fsp3) is 0.438. The van der Waals surface area contributed by atoms with E-state index in [-0.39, 0.29) is 30.7 Å². The van der Waals surface area contributed by atoms with E-state index in [0.29, 0.717) is 22.6 Å². The Morgan fingerprint density at radius 2 is 2.11 bits per heavy atom. The van der Waals surface area contributed by atoms with E-state index >= 15 is 0 Å². The molecule has 0 radical (unpaired) electrons. The molecule has 2 aromatic rings. The number of carbonyl (C=O) groups is 3. The second-order valence-corrected chi connectivity index (χ2v) is 8.50. The molecule has 0 saturated carbocycles. The first-order valence-electron chi connectivity index (χ1n) is 8.48. The van der Waals surface area contributed by atoms with Gasteiger partial charge in [0.15, 0.2) is 4.34 Å². The quantitative estimate of drug-likeness (QED) is 0.428. The molecule has 0 aliphatic rings. The van der Waals surface area contributed by atoms with Gasteiger partial charge in [-0.15, -0.1) is 21.5 Å². The summed E-state index contributed by atoms with van der Waals surface area (Å²) in [7, 11) is 0. The van der Waals surface area contributed by atoms with Crippen LogP contribution in [-0.4, -0.2) is 58.5 Å². The standard InChI is InChI=1S/C16H21N5O4S3/c1-3-21(9-12(22)17-8-11-6-5-7-26-11)13(23)10-27-16-20-19-14(28-16)18-15(24)25-4-2/h5-7H,3-4,8-10H2,1-2H3,(H,17,22)(H,18,19,24). The number of thiophene rings is 1. The molecule has 2 rings (SSSR count). The van der Waals surface area contributed by atoms with E-state index in [9.17, 15) is 14.4 Å². The van der Waals surface area contributed by atoms with E-state index in [2.05, 4.69) is 20.8 Å². The van der Waals surface area contributed by atoms with Gasteiger partial charge in [-0.2, -0.15) is 0 Å². The number of likely N-dealkylation sites (N-methyl/N-ethyl adjacent to an activating group) is 1. The molecule has 12 heteroatoms. The second-order valence-electron chi connectivity index (χ2n) is 5.27. The zero-order chi connectivity index (χ0) is 20.4. The third kappa shape index (κ3) is 7.44. The minimum absolute atomic E-state index is 0.00700. The molecule has 0 unspecified atom stereocenters. The Kier molecular flexibility index (Phi) is 9.17. The normalized spacial score (nSPS) is 10.4. The van der Waals surface area contributed by atoms with Gasteiger partial charge in [0.1, 0.15) is 0 Å². The minimum Gasteiger partial charge on any atom is -0.450 e. The molecule has 0 saturated heterocycles. The molecular weight excluding hydrogens is 422 g/mol. The predicted octanol–water partition coefficient (Wildman–Crippen LogP) is 2.42. The van der Waals surface area contributed by atoms with Crippen molar-refractivity contribution in [2.24, 2.45) is 0 Å². The van der Waals surface area contributed by atoms with E-state index in [1.165, 1.54) is 16.7 Å². The Hall–Kier alpha value is -2.18. The summed E-state index contributed by atoms with van der Waals surface area (Å²) in [4.78, 5) is 38.3. The monoisotopic (exact) mass is 443 g/mol. The van der Waals surface area contributed by atoms with Crippen LogP contribution in [0.25, 0.3) is 0 Å². The first-order valence-corrected chi connectivity index (χ1v) is 11.2. The minimum atomic E-state index is -0.600. The van der Waals surface area contributed by atoms with Crippen LogP contribution in [0.3, 0.4) is 0 Å². The summed E-state index contributed by atoms with van der Waals surface area (Å²) in [6.07, 6.45) is -0.600. The third-order valence-corrected chi connectivity index (χ3v) is 6.15. The Balaban J connectivity index is 1.76. The summed E-state index contributed by atoms with van der Waals surface area (Å²) >= 11 is 3.92. The highest BCUT2D eigenvalue weighted by Gasteiger charge is 2.17. The number of nitrogens with zero attached hydrogens (tertiary/aromatic N) is 3. The number of anilines is 1. The van der Waals surface area contributed by atoms with Crippen molar-refractivity contribution in [3.8, 4) is 0 Å². The van der Waals surface area contributed by atoms with Crippen molar-refractivity contribution in [3.63, 3.8) is 0 Å². The van der Waals surface area contributed by atoms with Gasteiger partial charge in [0, 0.05) is 11.4 Å². The Morgan fingerprint density at radius 3 is 2.79 bits per heavy atom. The van der Waals surface area contributed by atoms with Crippen LogP contribution >= 0.6 is 34.4 Å². The van der Waals surface area contributed by atoms with E-state index in [4.69, 9.17) is 4.74 Å². The maximum atomic E-state index is 12.4. The Bertz CT molecular complexity index is 781. The molecule has 0 aliphatic heterocycles. The molecule has 2 N–H and O–H groups in total. The van der Waals surface area contributed by atoms with Gasteiger partial charge in [0.25, 0.3) is 0 Å². The zero-order valence-corrected chi connectivity index (χ0v) is 17.9. The molecule has 0 aromatic carbocycles. The van der Waals surface area contributed by atoms with Gasteiger partial charge < -0.3 is 15.0 Å². The van der Waals surface area contributed by atoms with Crippen molar-refractivity contribution in [2.45, 2.75) is 24.7 Å². The first kappa shape index (κ1) is 22.1. The fourth-order valence-electron chi connectivity index (χ4n) is 1.99. The van der Waals surface area contributed by atoms with Crippen LogP contribution in [0.4, 0.5) is 9.93 Å². The molecule has 9 nitrogen and oxygen atoms in total. The summed E-state index contributed by atoms with van der Waals surface area (Å²) < 4.78 is 5.30. The van der Waals surface area contributed by atoms with Crippen LogP contribution in [0.1, 0.15) is 18.7 Å². The largest absolute Gasteiger partial charge is 0.450 e. The lowest BCUT2D eigenvalue weighted by atomic mass is 10.4. The van der Waals surface area contributed by atoms with Crippen molar-refractivity contribution in [1.82, 2.24) is 20.4 Å². The summed E-state index contributed by atoms with van der Waals surface area (Å²) in [5, 5.41) is 15.3. The van der Waals surface area contributed by atoms with Crippen molar-refractivity contribution in [3.05, 3.63) is 22.4 Å². The maximum absolute atomic E-state index is 12.4. The Labute approximate surface area is 174 Å². The highest BCUT2D eigenvalue weighted by Crippen LogP contribution is 2.25. The van der Waals surface area contributed by atoms with E-state index in [1.807, 2.05) is 24.4 Å². The van der Waals surface area contributed by atoms with Gasteiger partial charge >= 0.3 is 6.09 Å². The Morgan fingerprint density at radius 1 is 1.29 bits per heavy atom. The molecule has 2 heterocycles. The number of nitrogens with one attached hydrogen (secondary N) is 2. The van der Waals surface area contributed by atoms with Gasteiger partial charge in [0.05, 0.1) is 25.4 Å². The van der Waals surface area contributed by atoms with Gasteiger partial charge in [-0.3, -0.25) is 14.9 Å². The molecule has 28 heavy (non-hydrogen) atoms. The van der Waals surface area contributed by atoms with Crippen molar-refractivity contribution < 1.29 is 19.1 Å². The number of hydrogen-bond donors (Lipinski definition) is 2. The summed E-state index contributed by atoms with van der Waals surface area (Å²) in [5.41, 5.74) is 0. The molecule has 0 bridgehead atoms. The van der Waals surface area contributed by atoms with E-state index in [1.54, 1.807) is 18.3 Å². The number of aromatic nitrogens is 2. The highest BCUT2D eigenvalue weighted by molar-refractivity contribution is 8.01. The number of thioether (sulfide) groups is 1. The number of amides is 3. The molecule has 0 atom stereocenters. The number of hydrogen-bond acceptors (Lipinski definition) is 9. The molecular formula is C16H21N5O4S3. The topological polar surface area (TPSA) is 114 Å². The maximum Gasteiger partial charge on any atom is 0.413 e. The first-order chi connectivity index (χ1) is 13.5. The molecule has 2 aromatic heterocycles. The average molecular weight is 444 g/mol. The summed E-state index contributed by atoms with van der Waals surface area (Å²) in [6, 6.07) is 3.86. The van der Waals surface area contributed by atoms with Crippen LogP contribution < -0.4 is 10.6 Å². The SMILES string of the molecule is CCOC(=O)Nc1nnc(SCC(=O)N(CC)CC(=O)NCc2cccs2)s1. The van der Waals surface area contributed by atoms with Crippen LogP contribution in [0.15, 0.2) is 21.9 Å². The lowest BCUT2D eigenvalue weighted by Gasteiger charge is -2.19. The lowest BCUT2D eigenvalue weighted by molar-refractivity contribution is -0.133. The molecule has 152 valence electrons. The van der Waals surface area contributed by atoms with Crippen molar-refractivity contribution >= 4 is 57.5 Å².